The lowest BCUT2D eigenvalue weighted by atomic mass is 10.7. The lowest BCUT2D eigenvalue weighted by Gasteiger charge is -2.30. The Morgan fingerprint density at radius 1 is 0.442 bits per heavy atom. The Hall–Kier alpha value is 0.490. The van der Waals surface area contributed by atoms with Gasteiger partial charge < -0.3 is 45.2 Å². The molecule has 0 aromatic heterocycles. The predicted molar refractivity (Wildman–Crippen MR) is 179 cm³/mol. The maximum absolute atomic E-state index is 6.28. The van der Waals surface area contributed by atoms with Crippen molar-refractivity contribution in [2.45, 2.75) is 62.3 Å². The zero-order valence-corrected chi connectivity index (χ0v) is 32.4. The lowest BCUT2D eigenvalue weighted by Crippen LogP contribution is -2.02. The minimum absolute atomic E-state index is 0.133. The zero-order chi connectivity index (χ0) is 32.9. The van der Waals surface area contributed by atoms with Gasteiger partial charge in [-0.05, 0) is 62.3 Å². The molecule has 0 N–H and O–H groups in total. The van der Waals surface area contributed by atoms with Gasteiger partial charge in [0.05, 0.1) is 66.1 Å². The molecule has 0 aromatic carbocycles. The maximum Gasteiger partial charge on any atom is 0.349 e. The van der Waals surface area contributed by atoms with Crippen molar-refractivity contribution < 1.29 is 45.2 Å². The fourth-order valence-electron chi connectivity index (χ4n) is 3.25. The second-order valence-electron chi connectivity index (χ2n) is 7.67. The SMILES string of the molecule is C=CCOP(=NC)(N=P(N=P(N=P(N=P(C)(OCC)OCC)(OCC)OCC)(OCC)OCC)(OCC)OCC)OCC. The highest BCUT2D eigenvalue weighted by molar-refractivity contribution is 7.75. The van der Waals surface area contributed by atoms with E-state index < -0.39 is 38.1 Å². The van der Waals surface area contributed by atoms with Crippen molar-refractivity contribution in [1.29, 1.82) is 0 Å². The minimum Gasteiger partial charge on any atom is -0.324 e. The minimum atomic E-state index is -3.71. The molecule has 20 heteroatoms. The number of hydrogen-bond donors (Lipinski definition) is 0. The summed E-state index contributed by atoms with van der Waals surface area (Å²) < 4.78 is 85.7. The van der Waals surface area contributed by atoms with E-state index in [1.807, 2.05) is 34.6 Å². The summed E-state index contributed by atoms with van der Waals surface area (Å²) in [5, 5.41) is 0. The Balaban J connectivity index is 8.46. The molecular weight excluding hydrogens is 661 g/mol. The van der Waals surface area contributed by atoms with E-state index in [9.17, 15) is 0 Å². The van der Waals surface area contributed by atoms with Crippen LogP contribution in [0.4, 0.5) is 0 Å². The lowest BCUT2D eigenvalue weighted by molar-refractivity contribution is 0.240. The summed E-state index contributed by atoms with van der Waals surface area (Å²) in [6.45, 7) is 24.3. The summed E-state index contributed by atoms with van der Waals surface area (Å²) in [6, 6.07) is 0. The van der Waals surface area contributed by atoms with Gasteiger partial charge in [0.15, 0.2) is 0 Å². The Bertz CT molecular complexity index is 1050. The van der Waals surface area contributed by atoms with E-state index in [1.54, 1.807) is 47.5 Å². The summed E-state index contributed by atoms with van der Waals surface area (Å²) in [6.07, 6.45) is 1.58. The normalized spacial score (nSPS) is 14.2. The van der Waals surface area contributed by atoms with Gasteiger partial charge in [-0.25, -0.2) is 4.74 Å². The maximum atomic E-state index is 6.28. The third-order valence-corrected chi connectivity index (χ3v) is 18.6. The van der Waals surface area contributed by atoms with E-state index in [0.29, 0.717) is 13.2 Å². The van der Waals surface area contributed by atoms with Crippen LogP contribution in [0.5, 0.6) is 0 Å². The van der Waals surface area contributed by atoms with Crippen molar-refractivity contribution >= 4 is 38.1 Å². The highest BCUT2D eigenvalue weighted by atomic mass is 31.3. The van der Waals surface area contributed by atoms with Gasteiger partial charge in [-0.1, -0.05) is 6.08 Å². The van der Waals surface area contributed by atoms with Gasteiger partial charge in [0.2, 0.25) is 7.51 Å². The van der Waals surface area contributed by atoms with Gasteiger partial charge in [-0.2, -0.15) is 4.52 Å². The first-order valence-corrected chi connectivity index (χ1v) is 22.7. The first-order chi connectivity index (χ1) is 20.5. The molecule has 0 bridgehead atoms. The van der Waals surface area contributed by atoms with Crippen molar-refractivity contribution in [3.05, 3.63) is 12.7 Å². The third-order valence-electron chi connectivity index (χ3n) is 4.39. The van der Waals surface area contributed by atoms with Crippen LogP contribution in [0.15, 0.2) is 35.5 Å². The molecule has 1 unspecified atom stereocenters. The Morgan fingerprint density at radius 2 is 0.721 bits per heavy atom. The monoisotopic (exact) mass is 717 g/mol. The van der Waals surface area contributed by atoms with Crippen LogP contribution in [-0.4, -0.2) is 79.8 Å². The molecule has 43 heavy (non-hydrogen) atoms. The average Bonchev–Trinajstić information content (AvgIpc) is 2.92. The van der Waals surface area contributed by atoms with Crippen LogP contribution in [0.1, 0.15) is 62.3 Å². The quantitative estimate of drug-likeness (QED) is 0.0658. The molecule has 0 rings (SSSR count). The van der Waals surface area contributed by atoms with E-state index in [-0.39, 0.29) is 52.9 Å². The summed E-state index contributed by atoms with van der Waals surface area (Å²) in [5.41, 5.74) is 0. The predicted octanol–water partition coefficient (Wildman–Crippen LogP) is 10.6. The smallest absolute Gasteiger partial charge is 0.324 e. The number of hydrogen-bond acceptors (Lipinski definition) is 11. The molecule has 0 spiro atoms. The van der Waals surface area contributed by atoms with Crippen molar-refractivity contribution in [2.24, 2.45) is 22.8 Å². The highest BCUT2D eigenvalue weighted by Crippen LogP contribution is 2.77. The van der Waals surface area contributed by atoms with Gasteiger partial charge in [0.25, 0.3) is 0 Å². The Morgan fingerprint density at radius 3 is 1.00 bits per heavy atom. The Labute approximate surface area is 260 Å². The first kappa shape index (κ1) is 43.5. The van der Waals surface area contributed by atoms with Crippen LogP contribution in [0.3, 0.4) is 0 Å². The van der Waals surface area contributed by atoms with Gasteiger partial charge in [0, 0.05) is 13.7 Å². The fraction of sp³-hybridized carbons (Fsp3) is 0.913. The molecule has 1 atom stereocenters. The molecule has 0 radical (unpaired) electrons. The summed E-state index contributed by atoms with van der Waals surface area (Å²) in [5.74, 6) is 0. The summed E-state index contributed by atoms with van der Waals surface area (Å²) in [7, 11) is -15.5. The molecule has 0 saturated carbocycles. The zero-order valence-electron chi connectivity index (χ0n) is 27.9. The molecule has 0 aromatic rings. The van der Waals surface area contributed by atoms with Crippen molar-refractivity contribution in [3.63, 3.8) is 0 Å². The largest absolute Gasteiger partial charge is 0.349 e. The molecule has 0 saturated heterocycles. The van der Waals surface area contributed by atoms with E-state index in [4.69, 9.17) is 63.3 Å². The Kier molecular flexibility index (Phi) is 23.2. The summed E-state index contributed by atoms with van der Waals surface area (Å²) in [4.78, 5) is 0. The van der Waals surface area contributed by atoms with E-state index in [1.165, 1.54) is 0 Å². The van der Waals surface area contributed by atoms with Crippen LogP contribution < -0.4 is 0 Å². The molecular formula is C23H56N5O10P5. The number of nitrogens with zero attached hydrogens (tertiary/aromatic N) is 5. The van der Waals surface area contributed by atoms with E-state index >= 15 is 0 Å². The second kappa shape index (κ2) is 22.9. The topological polar surface area (TPSA) is 154 Å². The van der Waals surface area contributed by atoms with Crippen molar-refractivity contribution in [3.8, 4) is 0 Å². The average molecular weight is 718 g/mol. The van der Waals surface area contributed by atoms with E-state index in [2.05, 4.69) is 11.3 Å². The van der Waals surface area contributed by atoms with Gasteiger partial charge >= 0.3 is 30.6 Å². The molecule has 0 aliphatic heterocycles. The molecule has 0 aliphatic rings. The molecule has 258 valence electrons. The number of rotatable bonds is 25. The van der Waals surface area contributed by atoms with Gasteiger partial charge in [-0.15, -0.1) is 20.1 Å². The van der Waals surface area contributed by atoms with Crippen LogP contribution in [0, 0.1) is 0 Å². The van der Waals surface area contributed by atoms with Crippen molar-refractivity contribution in [1.82, 2.24) is 0 Å². The molecule has 15 nitrogen and oxygen atoms in total. The molecule has 0 fully saturated rings. The molecule has 0 aliphatic carbocycles. The van der Waals surface area contributed by atoms with Crippen LogP contribution in [0.25, 0.3) is 0 Å². The van der Waals surface area contributed by atoms with Crippen LogP contribution in [-0.2, 0) is 45.2 Å². The first-order valence-electron chi connectivity index (χ1n) is 14.6. The molecule has 0 amide bonds. The fourth-order valence-corrected chi connectivity index (χ4v) is 17.6. The second-order valence-corrected chi connectivity index (χ2v) is 19.0. The van der Waals surface area contributed by atoms with Crippen molar-refractivity contribution in [2.75, 3.05) is 79.8 Å². The van der Waals surface area contributed by atoms with Crippen LogP contribution >= 0.6 is 38.1 Å². The standard InChI is InChI=1S/C23H56N5O10P5/c1-13-23-38-40(24-11,31-16-4)26-42(34-19-7,35-20-8)28-43(36-21-9,37-22-10)27-41(32-17-5,33-18-6)25-39(12,29-14-2)30-15-3/h13H,1,14-23H2,2-12H3. The van der Waals surface area contributed by atoms with Gasteiger partial charge in [-0.3, -0.25) is 0 Å². The molecule has 0 heterocycles. The third kappa shape index (κ3) is 14.9. The highest BCUT2D eigenvalue weighted by Gasteiger charge is 2.39. The van der Waals surface area contributed by atoms with Crippen LogP contribution in [0.2, 0.25) is 0 Å². The van der Waals surface area contributed by atoms with Gasteiger partial charge in [0.1, 0.15) is 0 Å². The van der Waals surface area contributed by atoms with E-state index in [0.717, 1.165) is 0 Å². The summed E-state index contributed by atoms with van der Waals surface area (Å²) >= 11 is 0.